The molecule has 0 radical (unpaired) electrons. The average molecular weight is 278 g/mol. The molecule has 1 aromatic rings. The second kappa shape index (κ2) is 6.24. The molecule has 110 valence electrons. The highest BCUT2D eigenvalue weighted by atomic mass is 16.5. The molecule has 2 rings (SSSR count). The lowest BCUT2D eigenvalue weighted by Gasteiger charge is -2.37. The summed E-state index contributed by atoms with van der Waals surface area (Å²) in [7, 11) is 1.64. The van der Waals surface area contributed by atoms with Crippen molar-refractivity contribution in [3.63, 3.8) is 0 Å². The molecule has 0 aliphatic carbocycles. The fraction of sp³-hybridized carbons (Fsp3) is 0.533. The van der Waals surface area contributed by atoms with Gasteiger partial charge in [-0.3, -0.25) is 9.69 Å². The number of carbonyl (C=O) groups is 1. The van der Waals surface area contributed by atoms with E-state index in [1.165, 1.54) is 0 Å². The predicted molar refractivity (Wildman–Crippen MR) is 76.5 cm³/mol. The maximum atomic E-state index is 10.9. The zero-order valence-corrected chi connectivity index (χ0v) is 11.8. The molecule has 1 heterocycles. The number of primary amides is 1. The van der Waals surface area contributed by atoms with Crippen molar-refractivity contribution in [1.82, 2.24) is 4.90 Å². The van der Waals surface area contributed by atoms with Gasteiger partial charge in [0.15, 0.2) is 0 Å². The Morgan fingerprint density at radius 2 is 1.95 bits per heavy atom. The van der Waals surface area contributed by atoms with E-state index in [-0.39, 0.29) is 12.5 Å². The third-order valence-electron chi connectivity index (χ3n) is 3.86. The first-order valence-corrected chi connectivity index (χ1v) is 6.87. The van der Waals surface area contributed by atoms with Crippen molar-refractivity contribution in [1.29, 1.82) is 0 Å². The van der Waals surface area contributed by atoms with Crippen LogP contribution in [0.5, 0.6) is 5.75 Å². The highest BCUT2D eigenvalue weighted by Crippen LogP contribution is 2.27. The number of nitrogens with zero attached hydrogens (tertiary/aromatic N) is 1. The Morgan fingerprint density at radius 3 is 2.45 bits per heavy atom. The van der Waals surface area contributed by atoms with E-state index < -0.39 is 5.60 Å². The molecule has 0 unspecified atom stereocenters. The van der Waals surface area contributed by atoms with Crippen LogP contribution in [0.1, 0.15) is 18.4 Å². The minimum absolute atomic E-state index is 0.276. The summed E-state index contributed by atoms with van der Waals surface area (Å²) in [5.41, 5.74) is 5.59. The standard InChI is InChI=1S/C15H22N2O3/c1-20-13-4-2-12(3-5-13)10-15(19)6-8-17(9-7-15)11-14(16)18/h2-5,19H,6-11H2,1H3,(H2,16,18). The Morgan fingerprint density at radius 1 is 1.35 bits per heavy atom. The Balaban J connectivity index is 1.90. The molecule has 0 aromatic heterocycles. The van der Waals surface area contributed by atoms with Gasteiger partial charge in [0.25, 0.3) is 0 Å². The number of carbonyl (C=O) groups excluding carboxylic acids is 1. The van der Waals surface area contributed by atoms with Gasteiger partial charge in [0.05, 0.1) is 19.3 Å². The van der Waals surface area contributed by atoms with E-state index in [0.717, 1.165) is 11.3 Å². The molecular weight excluding hydrogens is 256 g/mol. The van der Waals surface area contributed by atoms with Crippen molar-refractivity contribution in [3.05, 3.63) is 29.8 Å². The first-order chi connectivity index (χ1) is 9.50. The summed E-state index contributed by atoms with van der Waals surface area (Å²) < 4.78 is 5.12. The predicted octanol–water partition coefficient (Wildman–Crippen LogP) is 0.550. The normalized spacial score (nSPS) is 18.7. The molecule has 0 bridgehead atoms. The van der Waals surface area contributed by atoms with Crippen molar-refractivity contribution in [2.75, 3.05) is 26.7 Å². The maximum Gasteiger partial charge on any atom is 0.231 e. The molecule has 1 saturated heterocycles. The molecule has 5 heteroatoms. The lowest BCUT2D eigenvalue weighted by atomic mass is 9.85. The Bertz CT molecular complexity index is 451. The van der Waals surface area contributed by atoms with Crippen LogP contribution in [0.4, 0.5) is 0 Å². The number of methoxy groups -OCH3 is 1. The summed E-state index contributed by atoms with van der Waals surface area (Å²) in [5, 5.41) is 10.6. The van der Waals surface area contributed by atoms with E-state index >= 15 is 0 Å². The monoisotopic (exact) mass is 278 g/mol. The van der Waals surface area contributed by atoms with Crippen LogP contribution < -0.4 is 10.5 Å². The van der Waals surface area contributed by atoms with Crippen LogP contribution in [0, 0.1) is 0 Å². The zero-order valence-electron chi connectivity index (χ0n) is 11.8. The van der Waals surface area contributed by atoms with Crippen molar-refractivity contribution in [2.24, 2.45) is 5.73 Å². The molecule has 1 aliphatic rings. The zero-order chi connectivity index (χ0) is 14.6. The van der Waals surface area contributed by atoms with E-state index in [9.17, 15) is 9.90 Å². The van der Waals surface area contributed by atoms with E-state index in [2.05, 4.69) is 0 Å². The summed E-state index contributed by atoms with van der Waals surface area (Å²) in [6.07, 6.45) is 1.94. The summed E-state index contributed by atoms with van der Waals surface area (Å²) >= 11 is 0. The molecule has 1 amide bonds. The van der Waals surface area contributed by atoms with Gasteiger partial charge in [-0.2, -0.15) is 0 Å². The fourth-order valence-corrected chi connectivity index (χ4v) is 2.65. The number of benzene rings is 1. The molecular formula is C15H22N2O3. The van der Waals surface area contributed by atoms with Gasteiger partial charge in [-0.15, -0.1) is 0 Å². The number of amides is 1. The highest BCUT2D eigenvalue weighted by molar-refractivity contribution is 5.75. The number of ether oxygens (including phenoxy) is 1. The number of nitrogens with two attached hydrogens (primary N) is 1. The van der Waals surface area contributed by atoms with Crippen molar-refractivity contribution >= 4 is 5.91 Å². The van der Waals surface area contributed by atoms with E-state index in [4.69, 9.17) is 10.5 Å². The molecule has 1 aliphatic heterocycles. The molecule has 1 fully saturated rings. The average Bonchev–Trinajstić information content (AvgIpc) is 2.42. The largest absolute Gasteiger partial charge is 0.497 e. The summed E-state index contributed by atoms with van der Waals surface area (Å²) in [6.45, 7) is 1.68. The number of likely N-dealkylation sites (tertiary alicyclic amines) is 1. The van der Waals surface area contributed by atoms with Gasteiger partial charge in [0.2, 0.25) is 5.91 Å². The lowest BCUT2D eigenvalue weighted by molar-refractivity contribution is -0.120. The summed E-state index contributed by atoms with van der Waals surface area (Å²) in [4.78, 5) is 12.9. The Hall–Kier alpha value is -1.59. The number of hydrogen-bond acceptors (Lipinski definition) is 4. The summed E-state index contributed by atoms with van der Waals surface area (Å²) in [5.74, 6) is 0.502. The molecule has 0 atom stereocenters. The van der Waals surface area contributed by atoms with Gasteiger partial charge >= 0.3 is 0 Å². The number of hydrogen-bond donors (Lipinski definition) is 2. The van der Waals surface area contributed by atoms with E-state index in [1.807, 2.05) is 29.2 Å². The van der Waals surface area contributed by atoms with Gasteiger partial charge in [0.1, 0.15) is 5.75 Å². The van der Waals surface area contributed by atoms with Crippen LogP contribution in [0.3, 0.4) is 0 Å². The fourth-order valence-electron chi connectivity index (χ4n) is 2.65. The minimum Gasteiger partial charge on any atom is -0.497 e. The van der Waals surface area contributed by atoms with E-state index in [0.29, 0.717) is 32.4 Å². The highest BCUT2D eigenvalue weighted by Gasteiger charge is 2.32. The maximum absolute atomic E-state index is 10.9. The molecule has 5 nitrogen and oxygen atoms in total. The molecule has 0 saturated carbocycles. The second-order valence-corrected chi connectivity index (χ2v) is 5.49. The molecule has 20 heavy (non-hydrogen) atoms. The van der Waals surface area contributed by atoms with Crippen molar-refractivity contribution in [2.45, 2.75) is 24.9 Å². The van der Waals surface area contributed by atoms with Crippen LogP contribution in [0.2, 0.25) is 0 Å². The second-order valence-electron chi connectivity index (χ2n) is 5.49. The van der Waals surface area contributed by atoms with Crippen molar-refractivity contribution in [3.8, 4) is 5.75 Å². The number of aliphatic hydroxyl groups is 1. The van der Waals surface area contributed by atoms with E-state index in [1.54, 1.807) is 7.11 Å². The van der Waals surface area contributed by atoms with Crippen LogP contribution in [0.15, 0.2) is 24.3 Å². The molecule has 0 spiro atoms. The van der Waals surface area contributed by atoms with Crippen LogP contribution >= 0.6 is 0 Å². The quantitative estimate of drug-likeness (QED) is 0.824. The van der Waals surface area contributed by atoms with Gasteiger partial charge in [-0.25, -0.2) is 0 Å². The van der Waals surface area contributed by atoms with Gasteiger partial charge in [0, 0.05) is 19.5 Å². The smallest absolute Gasteiger partial charge is 0.231 e. The van der Waals surface area contributed by atoms with Crippen molar-refractivity contribution < 1.29 is 14.6 Å². The number of piperidine rings is 1. The first-order valence-electron chi connectivity index (χ1n) is 6.87. The minimum atomic E-state index is -0.692. The van der Waals surface area contributed by atoms with Gasteiger partial charge in [-0.05, 0) is 30.5 Å². The van der Waals surface area contributed by atoms with Crippen LogP contribution in [-0.4, -0.2) is 48.3 Å². The lowest BCUT2D eigenvalue weighted by Crippen LogP contribution is -2.47. The third-order valence-corrected chi connectivity index (χ3v) is 3.86. The Labute approximate surface area is 119 Å². The summed E-state index contributed by atoms with van der Waals surface area (Å²) in [6, 6.07) is 7.76. The molecule has 3 N–H and O–H groups in total. The number of rotatable bonds is 5. The Kier molecular flexibility index (Phi) is 4.62. The third kappa shape index (κ3) is 3.95. The SMILES string of the molecule is COc1ccc(CC2(O)CCN(CC(N)=O)CC2)cc1. The van der Waals surface area contributed by atoms with Crippen LogP contribution in [0.25, 0.3) is 0 Å². The van der Waals surface area contributed by atoms with Gasteiger partial charge < -0.3 is 15.6 Å². The van der Waals surface area contributed by atoms with Gasteiger partial charge in [-0.1, -0.05) is 12.1 Å². The topological polar surface area (TPSA) is 75.8 Å². The molecule has 1 aromatic carbocycles. The van der Waals surface area contributed by atoms with Crippen LogP contribution in [-0.2, 0) is 11.2 Å². The first kappa shape index (κ1) is 14.8.